The third-order valence-electron chi connectivity index (χ3n) is 2.81. The Bertz CT molecular complexity index is 474. The van der Waals surface area contributed by atoms with Gasteiger partial charge >= 0.3 is 0 Å². The molecule has 0 amide bonds. The maximum atomic E-state index is 11.8. The van der Waals surface area contributed by atoms with Gasteiger partial charge < -0.3 is 0 Å². The molecule has 0 aliphatic carbocycles. The number of benzene rings is 1. The first kappa shape index (κ1) is 15.5. The van der Waals surface area contributed by atoms with Crippen molar-refractivity contribution in [2.75, 3.05) is 11.6 Å². The Morgan fingerprint density at radius 2 is 1.94 bits per heavy atom. The van der Waals surface area contributed by atoms with Crippen molar-refractivity contribution in [3.63, 3.8) is 0 Å². The Kier molecular flexibility index (Phi) is 6.12. The molecular weight excluding hydrogens is 270 g/mol. The van der Waals surface area contributed by atoms with Gasteiger partial charge in [-0.15, -0.1) is 11.6 Å². The molecule has 0 aromatic heterocycles. The summed E-state index contributed by atoms with van der Waals surface area (Å²) in [4.78, 5) is 0. The molecule has 0 aliphatic heterocycles. The first-order chi connectivity index (χ1) is 8.46. The highest BCUT2D eigenvalue weighted by atomic mass is 35.5. The van der Waals surface area contributed by atoms with Gasteiger partial charge in [0.25, 0.3) is 0 Å². The van der Waals surface area contributed by atoms with E-state index >= 15 is 0 Å². The summed E-state index contributed by atoms with van der Waals surface area (Å²) in [7, 11) is -3.23. The van der Waals surface area contributed by atoms with Crippen molar-refractivity contribution < 1.29 is 8.42 Å². The lowest BCUT2D eigenvalue weighted by Gasteiger charge is -2.16. The summed E-state index contributed by atoms with van der Waals surface area (Å²) in [6, 6.07) is 7.59. The molecule has 3 nitrogen and oxygen atoms in total. The van der Waals surface area contributed by atoms with Crippen molar-refractivity contribution in [3.05, 3.63) is 35.4 Å². The van der Waals surface area contributed by atoms with Crippen LogP contribution < -0.4 is 4.72 Å². The van der Waals surface area contributed by atoms with E-state index in [9.17, 15) is 8.42 Å². The molecule has 1 atom stereocenters. The van der Waals surface area contributed by atoms with Gasteiger partial charge in [0, 0.05) is 11.9 Å². The summed E-state index contributed by atoms with van der Waals surface area (Å²) in [6.45, 7) is 3.84. The van der Waals surface area contributed by atoms with Gasteiger partial charge in [-0.25, -0.2) is 13.1 Å². The predicted molar refractivity (Wildman–Crippen MR) is 76.5 cm³/mol. The number of rotatable bonds is 7. The minimum absolute atomic E-state index is 0.135. The van der Waals surface area contributed by atoms with Gasteiger partial charge in [0.2, 0.25) is 10.0 Å². The molecule has 1 aromatic carbocycles. The van der Waals surface area contributed by atoms with Crippen molar-refractivity contribution in [1.82, 2.24) is 4.72 Å². The summed E-state index contributed by atoms with van der Waals surface area (Å²) < 4.78 is 26.4. The highest BCUT2D eigenvalue weighted by Crippen LogP contribution is 2.17. The van der Waals surface area contributed by atoms with E-state index in [-0.39, 0.29) is 11.8 Å². The summed E-state index contributed by atoms with van der Waals surface area (Å²) in [5.41, 5.74) is 2.10. The number of hydrogen-bond acceptors (Lipinski definition) is 2. The van der Waals surface area contributed by atoms with Crippen molar-refractivity contribution >= 4 is 21.6 Å². The smallest absolute Gasteiger partial charge is 0.212 e. The number of hydrogen-bond donors (Lipinski definition) is 1. The fraction of sp³-hybridized carbons (Fsp3) is 0.538. The van der Waals surface area contributed by atoms with Crippen LogP contribution in [0.15, 0.2) is 24.3 Å². The quantitative estimate of drug-likeness (QED) is 0.619. The van der Waals surface area contributed by atoms with E-state index < -0.39 is 10.0 Å². The second kappa shape index (κ2) is 7.12. The predicted octanol–water partition coefficient (Wildman–Crippen LogP) is 2.99. The van der Waals surface area contributed by atoms with Crippen LogP contribution in [0.4, 0.5) is 0 Å². The largest absolute Gasteiger partial charge is 0.212 e. The van der Waals surface area contributed by atoms with Crippen molar-refractivity contribution in [2.45, 2.75) is 32.7 Å². The van der Waals surface area contributed by atoms with E-state index in [0.717, 1.165) is 17.5 Å². The summed E-state index contributed by atoms with van der Waals surface area (Å²) in [5.74, 6) is 0.638. The highest BCUT2D eigenvalue weighted by molar-refractivity contribution is 7.89. The van der Waals surface area contributed by atoms with E-state index in [1.54, 1.807) is 0 Å². The SMILES string of the molecule is Cc1ccccc1[C@@H](C)NS(=O)(=O)CCCCCl. The van der Waals surface area contributed by atoms with Crippen LogP contribution >= 0.6 is 11.6 Å². The van der Waals surface area contributed by atoms with Gasteiger partial charge in [-0.05, 0) is 37.8 Å². The Balaban J connectivity index is 2.64. The van der Waals surface area contributed by atoms with Gasteiger partial charge in [0.15, 0.2) is 0 Å². The average Bonchev–Trinajstić information content (AvgIpc) is 2.29. The second-order valence-electron chi connectivity index (χ2n) is 4.41. The molecule has 0 saturated carbocycles. The Hall–Kier alpha value is -0.580. The lowest BCUT2D eigenvalue weighted by Crippen LogP contribution is -2.29. The van der Waals surface area contributed by atoms with Crippen LogP contribution in [0.25, 0.3) is 0 Å². The van der Waals surface area contributed by atoms with Gasteiger partial charge in [-0.3, -0.25) is 0 Å². The fourth-order valence-corrected chi connectivity index (χ4v) is 3.41. The number of unbranched alkanes of at least 4 members (excludes halogenated alkanes) is 1. The van der Waals surface area contributed by atoms with Gasteiger partial charge in [0.05, 0.1) is 5.75 Å². The van der Waals surface area contributed by atoms with Crippen LogP contribution in [0.1, 0.15) is 36.9 Å². The molecule has 1 N–H and O–H groups in total. The molecule has 0 saturated heterocycles. The fourth-order valence-electron chi connectivity index (χ4n) is 1.85. The molecule has 0 radical (unpaired) electrons. The van der Waals surface area contributed by atoms with E-state index in [1.807, 2.05) is 38.1 Å². The maximum absolute atomic E-state index is 11.8. The van der Waals surface area contributed by atoms with Gasteiger partial charge in [-0.1, -0.05) is 24.3 Å². The topological polar surface area (TPSA) is 46.2 Å². The molecule has 0 heterocycles. The van der Waals surface area contributed by atoms with Crippen LogP contribution in [0.3, 0.4) is 0 Å². The molecule has 0 aliphatic rings. The standard InChI is InChI=1S/C13H20ClNO2S/c1-11-7-3-4-8-13(11)12(2)15-18(16,17)10-6-5-9-14/h3-4,7-8,12,15H,5-6,9-10H2,1-2H3/t12-/m1/s1. The summed E-state index contributed by atoms with van der Waals surface area (Å²) >= 11 is 5.54. The molecule has 0 bridgehead atoms. The van der Waals surface area contributed by atoms with Crippen LogP contribution in [0, 0.1) is 6.92 Å². The molecule has 5 heteroatoms. The molecule has 0 spiro atoms. The van der Waals surface area contributed by atoms with Crippen LogP contribution in [-0.4, -0.2) is 20.1 Å². The van der Waals surface area contributed by atoms with E-state index in [2.05, 4.69) is 4.72 Å². The lowest BCUT2D eigenvalue weighted by molar-refractivity contribution is 0.563. The molecule has 0 unspecified atom stereocenters. The van der Waals surface area contributed by atoms with E-state index in [1.165, 1.54) is 0 Å². The second-order valence-corrected chi connectivity index (χ2v) is 6.66. The van der Waals surface area contributed by atoms with Crippen molar-refractivity contribution in [3.8, 4) is 0 Å². The lowest BCUT2D eigenvalue weighted by atomic mass is 10.0. The third kappa shape index (κ3) is 4.96. The van der Waals surface area contributed by atoms with Gasteiger partial charge in [0.1, 0.15) is 0 Å². The zero-order valence-electron chi connectivity index (χ0n) is 10.8. The maximum Gasteiger partial charge on any atom is 0.212 e. The summed E-state index contributed by atoms with van der Waals surface area (Å²) in [5, 5.41) is 0. The molecule has 0 fully saturated rings. The molecular formula is C13H20ClNO2S. The molecule has 18 heavy (non-hydrogen) atoms. The molecule has 1 aromatic rings. The molecule has 102 valence electrons. The Morgan fingerprint density at radius 3 is 2.56 bits per heavy atom. The minimum Gasteiger partial charge on any atom is -0.212 e. The van der Waals surface area contributed by atoms with E-state index in [0.29, 0.717) is 12.3 Å². The summed E-state index contributed by atoms with van der Waals surface area (Å²) in [6.07, 6.45) is 1.32. The zero-order chi connectivity index (χ0) is 13.6. The zero-order valence-corrected chi connectivity index (χ0v) is 12.4. The average molecular weight is 290 g/mol. The minimum atomic E-state index is -3.23. The number of alkyl halides is 1. The van der Waals surface area contributed by atoms with Crippen LogP contribution in [-0.2, 0) is 10.0 Å². The highest BCUT2D eigenvalue weighted by Gasteiger charge is 2.16. The number of nitrogens with one attached hydrogen (secondary N) is 1. The van der Waals surface area contributed by atoms with E-state index in [4.69, 9.17) is 11.6 Å². The monoisotopic (exact) mass is 289 g/mol. The molecule has 1 rings (SSSR count). The number of aryl methyl sites for hydroxylation is 1. The van der Waals surface area contributed by atoms with Crippen LogP contribution in [0.5, 0.6) is 0 Å². The van der Waals surface area contributed by atoms with Crippen molar-refractivity contribution in [2.24, 2.45) is 0 Å². The van der Waals surface area contributed by atoms with Crippen molar-refractivity contribution in [1.29, 1.82) is 0 Å². The normalized spacial score (nSPS) is 13.5. The number of sulfonamides is 1. The van der Waals surface area contributed by atoms with Gasteiger partial charge in [-0.2, -0.15) is 0 Å². The third-order valence-corrected chi connectivity index (χ3v) is 4.61. The first-order valence-corrected chi connectivity index (χ1v) is 8.26. The Labute approximate surface area is 115 Å². The number of halogens is 1. The van der Waals surface area contributed by atoms with Crippen LogP contribution in [0.2, 0.25) is 0 Å². The Morgan fingerprint density at radius 1 is 1.28 bits per heavy atom. The first-order valence-electron chi connectivity index (χ1n) is 6.08.